The highest BCUT2D eigenvalue weighted by atomic mass is 32.2. The van der Waals surface area contributed by atoms with Crippen molar-refractivity contribution in [2.75, 3.05) is 5.32 Å². The fraction of sp³-hybridized carbons (Fsp3) is 0.300. The molecular weight excluding hydrogens is 360 g/mol. The summed E-state index contributed by atoms with van der Waals surface area (Å²) in [7, 11) is -1.54. The van der Waals surface area contributed by atoms with E-state index < -0.39 is 11.0 Å². The molecule has 3 aromatic rings. The van der Waals surface area contributed by atoms with Crippen LogP contribution in [0.15, 0.2) is 47.4 Å². The van der Waals surface area contributed by atoms with Crippen molar-refractivity contribution in [3.05, 3.63) is 42.5 Å². The van der Waals surface area contributed by atoms with Crippen LogP contribution in [0.1, 0.15) is 32.1 Å². The van der Waals surface area contributed by atoms with E-state index in [1.807, 2.05) is 30.3 Å². The molecule has 4 N–H and O–H groups in total. The van der Waals surface area contributed by atoms with Gasteiger partial charge in [0, 0.05) is 23.1 Å². The van der Waals surface area contributed by atoms with E-state index in [-0.39, 0.29) is 5.91 Å². The van der Waals surface area contributed by atoms with Gasteiger partial charge in [-0.1, -0.05) is 25.0 Å². The van der Waals surface area contributed by atoms with E-state index >= 15 is 0 Å². The third-order valence-corrected chi connectivity index (χ3v) is 5.85. The average Bonchev–Trinajstić information content (AvgIpc) is 3.31. The van der Waals surface area contributed by atoms with Crippen molar-refractivity contribution in [2.24, 2.45) is 11.1 Å². The van der Waals surface area contributed by atoms with Gasteiger partial charge >= 0.3 is 0 Å². The fourth-order valence-electron chi connectivity index (χ4n) is 3.77. The number of nitrogens with zero attached hydrogens (tertiary/aromatic N) is 1. The minimum Gasteiger partial charge on any atom is -0.326 e. The second kappa shape index (κ2) is 7.62. The summed E-state index contributed by atoms with van der Waals surface area (Å²) in [6.07, 6.45) is 5.35. The summed E-state index contributed by atoms with van der Waals surface area (Å²) < 4.78 is 11.6. The molecule has 6 nitrogen and oxygen atoms in total. The number of anilines is 1. The van der Waals surface area contributed by atoms with Crippen LogP contribution in [0, 0.1) is 5.92 Å². The van der Waals surface area contributed by atoms with Crippen LogP contribution < -0.4 is 10.5 Å². The van der Waals surface area contributed by atoms with Gasteiger partial charge in [0.2, 0.25) is 5.91 Å². The molecule has 1 amide bonds. The molecule has 0 aliphatic heterocycles. The van der Waals surface area contributed by atoms with Gasteiger partial charge in [-0.15, -0.1) is 0 Å². The first-order valence-electron chi connectivity index (χ1n) is 9.15. The summed E-state index contributed by atoms with van der Waals surface area (Å²) in [4.78, 5) is 12.9. The molecule has 1 unspecified atom stereocenters. The Morgan fingerprint density at radius 3 is 2.81 bits per heavy atom. The van der Waals surface area contributed by atoms with Gasteiger partial charge < -0.3 is 5.32 Å². The number of hydrogen-bond donors (Lipinski definition) is 3. The summed E-state index contributed by atoms with van der Waals surface area (Å²) in [5.41, 5.74) is 3.20. The summed E-state index contributed by atoms with van der Waals surface area (Å²) in [5.74, 6) is 0.574. The molecule has 140 valence electrons. The van der Waals surface area contributed by atoms with Crippen molar-refractivity contribution < 1.29 is 9.00 Å². The maximum Gasteiger partial charge on any atom is 0.224 e. The Bertz CT molecular complexity index is 1010. The van der Waals surface area contributed by atoms with Crippen molar-refractivity contribution in [3.63, 3.8) is 0 Å². The first-order valence-corrected chi connectivity index (χ1v) is 10.4. The highest BCUT2D eigenvalue weighted by molar-refractivity contribution is 7.82. The van der Waals surface area contributed by atoms with Crippen LogP contribution in [-0.4, -0.2) is 20.3 Å². The number of aromatic nitrogens is 2. The van der Waals surface area contributed by atoms with E-state index in [1.54, 1.807) is 12.1 Å². The van der Waals surface area contributed by atoms with Gasteiger partial charge in [0.15, 0.2) is 0 Å². The van der Waals surface area contributed by atoms with Crippen LogP contribution in [0.2, 0.25) is 0 Å². The fourth-order valence-corrected chi connectivity index (χ4v) is 4.22. The van der Waals surface area contributed by atoms with Crippen LogP contribution >= 0.6 is 0 Å². The molecule has 2 aromatic carbocycles. The predicted molar refractivity (Wildman–Crippen MR) is 107 cm³/mol. The lowest BCUT2D eigenvalue weighted by Crippen LogP contribution is -2.15. The number of nitrogens with one attached hydrogen (secondary N) is 2. The molecule has 0 spiro atoms. The SMILES string of the molecule is NS(=O)c1cccc(-c2n[nH]c3ccc(NC(=O)CC4CCCC4)cc23)c1. The highest BCUT2D eigenvalue weighted by Crippen LogP contribution is 2.30. The zero-order valence-corrected chi connectivity index (χ0v) is 15.7. The maximum absolute atomic E-state index is 12.3. The number of rotatable bonds is 5. The monoisotopic (exact) mass is 382 g/mol. The molecule has 7 heteroatoms. The largest absolute Gasteiger partial charge is 0.326 e. The summed E-state index contributed by atoms with van der Waals surface area (Å²) in [5, 5.41) is 16.8. The maximum atomic E-state index is 12.3. The van der Waals surface area contributed by atoms with E-state index in [0.29, 0.717) is 17.2 Å². The van der Waals surface area contributed by atoms with Gasteiger partial charge in [0.1, 0.15) is 16.7 Å². The topological polar surface area (TPSA) is 101 Å². The molecule has 0 bridgehead atoms. The van der Waals surface area contributed by atoms with E-state index in [0.717, 1.165) is 40.7 Å². The number of carbonyl (C=O) groups excluding carboxylic acids is 1. The lowest BCUT2D eigenvalue weighted by molar-refractivity contribution is -0.117. The molecule has 1 heterocycles. The number of hydrogen-bond acceptors (Lipinski definition) is 3. The van der Waals surface area contributed by atoms with Crippen LogP contribution in [-0.2, 0) is 15.8 Å². The second-order valence-electron chi connectivity index (χ2n) is 7.06. The van der Waals surface area contributed by atoms with Crippen molar-refractivity contribution in [1.29, 1.82) is 0 Å². The van der Waals surface area contributed by atoms with Crippen LogP contribution in [0.25, 0.3) is 22.2 Å². The standard InChI is InChI=1S/C20H22N4O2S/c21-27(26)16-7-3-6-14(11-16)20-17-12-15(8-9-18(17)23-24-20)22-19(25)10-13-4-1-2-5-13/h3,6-9,11-13H,1-2,4-5,10,21H2,(H,22,25)(H,23,24). The number of nitrogens with two attached hydrogens (primary N) is 1. The molecule has 1 saturated carbocycles. The molecule has 0 radical (unpaired) electrons. The first kappa shape index (κ1) is 17.9. The first-order chi connectivity index (χ1) is 13.1. The normalized spacial score (nSPS) is 15.9. The molecule has 27 heavy (non-hydrogen) atoms. The van der Waals surface area contributed by atoms with Crippen molar-refractivity contribution >= 4 is 33.5 Å². The van der Waals surface area contributed by atoms with E-state index in [1.165, 1.54) is 12.8 Å². The number of benzene rings is 2. The van der Waals surface area contributed by atoms with Crippen LogP contribution in [0.4, 0.5) is 5.69 Å². The number of fused-ring (bicyclic) bond motifs is 1. The predicted octanol–water partition coefficient (Wildman–Crippen LogP) is 3.73. The molecule has 4 rings (SSSR count). The molecule has 0 saturated heterocycles. The second-order valence-corrected chi connectivity index (χ2v) is 8.13. The lowest BCUT2D eigenvalue weighted by atomic mass is 10.0. The minimum absolute atomic E-state index is 0.0619. The lowest BCUT2D eigenvalue weighted by Gasteiger charge is -2.10. The molecule has 1 aromatic heterocycles. The zero-order valence-electron chi connectivity index (χ0n) is 14.9. The third kappa shape index (κ3) is 3.94. The minimum atomic E-state index is -1.54. The number of aromatic amines is 1. The number of H-pyrrole nitrogens is 1. The summed E-state index contributed by atoms with van der Waals surface area (Å²) in [6, 6.07) is 12.9. The van der Waals surface area contributed by atoms with Crippen LogP contribution in [0.3, 0.4) is 0 Å². The number of carbonyl (C=O) groups is 1. The van der Waals surface area contributed by atoms with Gasteiger partial charge in [0.05, 0.1) is 10.4 Å². The number of amides is 1. The Labute approximate surface area is 160 Å². The third-order valence-electron chi connectivity index (χ3n) is 5.14. The molecule has 1 aliphatic carbocycles. The van der Waals surface area contributed by atoms with Crippen molar-refractivity contribution in [3.8, 4) is 11.3 Å². The average molecular weight is 382 g/mol. The highest BCUT2D eigenvalue weighted by Gasteiger charge is 2.18. The smallest absolute Gasteiger partial charge is 0.224 e. The Balaban J connectivity index is 1.60. The quantitative estimate of drug-likeness (QED) is 0.627. The van der Waals surface area contributed by atoms with E-state index in [4.69, 9.17) is 5.14 Å². The van der Waals surface area contributed by atoms with Gasteiger partial charge in [-0.05, 0) is 49.1 Å². The molecule has 1 fully saturated rings. The van der Waals surface area contributed by atoms with Crippen molar-refractivity contribution in [1.82, 2.24) is 10.2 Å². The Morgan fingerprint density at radius 1 is 1.22 bits per heavy atom. The van der Waals surface area contributed by atoms with Gasteiger partial charge in [-0.3, -0.25) is 9.89 Å². The Kier molecular flexibility index (Phi) is 5.05. The van der Waals surface area contributed by atoms with E-state index in [9.17, 15) is 9.00 Å². The Morgan fingerprint density at radius 2 is 2.04 bits per heavy atom. The Hall–Kier alpha value is -2.51. The molecular formula is C20H22N4O2S. The molecule has 1 atom stereocenters. The van der Waals surface area contributed by atoms with Gasteiger partial charge in [-0.25, -0.2) is 9.35 Å². The van der Waals surface area contributed by atoms with E-state index in [2.05, 4.69) is 15.5 Å². The van der Waals surface area contributed by atoms with Gasteiger partial charge in [0.25, 0.3) is 0 Å². The summed E-state index contributed by atoms with van der Waals surface area (Å²) >= 11 is 0. The van der Waals surface area contributed by atoms with Crippen LogP contribution in [0.5, 0.6) is 0 Å². The molecule has 1 aliphatic rings. The summed E-state index contributed by atoms with van der Waals surface area (Å²) in [6.45, 7) is 0. The van der Waals surface area contributed by atoms with Gasteiger partial charge in [-0.2, -0.15) is 5.10 Å². The zero-order chi connectivity index (χ0) is 18.8. The van der Waals surface area contributed by atoms with Crippen molar-refractivity contribution in [2.45, 2.75) is 37.0 Å².